The van der Waals surface area contributed by atoms with Gasteiger partial charge in [0, 0.05) is 33.2 Å². The number of hydrogen-bond donors (Lipinski definition) is 0. The molecule has 0 unspecified atom stereocenters. The fraction of sp³-hybridized carbons (Fsp3) is 0.0172. The summed E-state index contributed by atoms with van der Waals surface area (Å²) in [7, 11) is 0. The van der Waals surface area contributed by atoms with Crippen molar-refractivity contribution in [2.75, 3.05) is 0 Å². The number of benzene rings is 9. The molecule has 0 radical (unpaired) electrons. The number of rotatable bonds is 7. The molecule has 0 atom stereocenters. The quantitative estimate of drug-likeness (QED) is 0.161. The molecule has 9 aromatic carbocycles. The zero-order valence-corrected chi connectivity index (χ0v) is 33.7. The van der Waals surface area contributed by atoms with Crippen molar-refractivity contribution in [3.05, 3.63) is 253 Å². The number of nitrogens with zero attached hydrogens (tertiary/aromatic N) is 4. The number of para-hydroxylation sites is 2. The Hall–Kier alpha value is -8.21. The summed E-state index contributed by atoms with van der Waals surface area (Å²) in [6, 6.07) is 82.4. The molecule has 290 valence electrons. The highest BCUT2D eigenvalue weighted by atomic mass is 15.0. The van der Waals surface area contributed by atoms with Crippen LogP contribution in [0.25, 0.3) is 83.9 Å². The molecule has 0 N–H and O–H groups in total. The van der Waals surface area contributed by atoms with Crippen LogP contribution in [0.5, 0.6) is 0 Å². The third kappa shape index (κ3) is 5.58. The summed E-state index contributed by atoms with van der Waals surface area (Å²) in [4.78, 5) is 15.9. The predicted octanol–water partition coefficient (Wildman–Crippen LogP) is 14.0. The van der Waals surface area contributed by atoms with Crippen LogP contribution in [0.4, 0.5) is 0 Å². The van der Waals surface area contributed by atoms with Gasteiger partial charge in [0.05, 0.1) is 16.4 Å². The molecule has 0 spiro atoms. The van der Waals surface area contributed by atoms with Gasteiger partial charge in [-0.25, -0.2) is 15.0 Å². The largest absolute Gasteiger partial charge is 0.309 e. The average Bonchev–Trinajstić information content (AvgIpc) is 3.85. The monoisotopic (exact) mass is 790 g/mol. The van der Waals surface area contributed by atoms with E-state index in [-0.39, 0.29) is 0 Å². The average molecular weight is 791 g/mol. The second kappa shape index (κ2) is 14.5. The van der Waals surface area contributed by atoms with Crippen LogP contribution >= 0.6 is 0 Å². The highest BCUT2D eigenvalue weighted by molar-refractivity contribution is 6.11. The molecule has 2 aromatic heterocycles. The van der Waals surface area contributed by atoms with Crippen LogP contribution < -0.4 is 0 Å². The van der Waals surface area contributed by atoms with E-state index in [1.165, 1.54) is 49.7 Å². The van der Waals surface area contributed by atoms with Gasteiger partial charge >= 0.3 is 0 Å². The lowest BCUT2D eigenvalue weighted by Gasteiger charge is -2.34. The molecule has 0 aliphatic heterocycles. The summed E-state index contributed by atoms with van der Waals surface area (Å²) in [6.45, 7) is 0. The first-order chi connectivity index (χ1) is 30.8. The third-order valence-corrected chi connectivity index (χ3v) is 12.5. The topological polar surface area (TPSA) is 43.6 Å². The summed E-state index contributed by atoms with van der Waals surface area (Å²) in [5.41, 5.74) is 15.1. The fourth-order valence-electron chi connectivity index (χ4n) is 9.84. The van der Waals surface area contributed by atoms with Gasteiger partial charge in [0.1, 0.15) is 0 Å². The first-order valence-electron chi connectivity index (χ1n) is 21.1. The van der Waals surface area contributed by atoms with Gasteiger partial charge in [0.15, 0.2) is 17.5 Å². The van der Waals surface area contributed by atoms with Crippen molar-refractivity contribution >= 4 is 21.8 Å². The minimum absolute atomic E-state index is 0.605. The Morgan fingerprint density at radius 1 is 0.306 bits per heavy atom. The Balaban J connectivity index is 1.20. The molecule has 12 rings (SSSR count). The highest BCUT2D eigenvalue weighted by Gasteiger charge is 2.46. The fourth-order valence-corrected chi connectivity index (χ4v) is 9.84. The van der Waals surface area contributed by atoms with Crippen molar-refractivity contribution in [3.8, 4) is 62.1 Å². The molecule has 4 heteroatoms. The number of aromatic nitrogens is 4. The van der Waals surface area contributed by atoms with Gasteiger partial charge in [0.25, 0.3) is 0 Å². The maximum atomic E-state index is 5.38. The Morgan fingerprint density at radius 3 is 1.47 bits per heavy atom. The maximum absolute atomic E-state index is 5.38. The van der Waals surface area contributed by atoms with Crippen molar-refractivity contribution in [2.24, 2.45) is 0 Å². The van der Waals surface area contributed by atoms with Crippen LogP contribution in [0.1, 0.15) is 22.3 Å². The predicted molar refractivity (Wildman–Crippen MR) is 253 cm³/mol. The summed E-state index contributed by atoms with van der Waals surface area (Å²) in [6.07, 6.45) is 0. The van der Waals surface area contributed by atoms with Gasteiger partial charge in [-0.05, 0) is 87.0 Å². The van der Waals surface area contributed by atoms with Crippen LogP contribution in [-0.4, -0.2) is 19.5 Å². The van der Waals surface area contributed by atoms with Crippen LogP contribution in [0, 0.1) is 0 Å². The van der Waals surface area contributed by atoms with E-state index in [4.69, 9.17) is 15.0 Å². The lowest BCUT2D eigenvalue weighted by atomic mass is 9.67. The minimum atomic E-state index is -0.605. The number of fused-ring (bicyclic) bond motifs is 6. The van der Waals surface area contributed by atoms with E-state index in [1.54, 1.807) is 0 Å². The normalized spacial score (nSPS) is 12.6. The van der Waals surface area contributed by atoms with E-state index >= 15 is 0 Å². The molecule has 1 aliphatic rings. The standard InChI is InChI=1S/C58H38N4/c1-6-20-39(21-7-1)55-59-56(40-22-8-2-9-23-40)61-57(60-55)50-38-52-48(45-30-16-18-32-51(45)58(52,42-24-10-3-11-25-42)43-26-12-4-13-27-43)37-47(50)41-34-35-54-49(36-41)46-31-17-19-33-53(46)62(54)44-28-14-5-15-29-44/h1-38H. The highest BCUT2D eigenvalue weighted by Crippen LogP contribution is 2.58. The van der Waals surface area contributed by atoms with Crippen molar-refractivity contribution in [1.82, 2.24) is 19.5 Å². The number of hydrogen-bond acceptors (Lipinski definition) is 3. The van der Waals surface area contributed by atoms with Crippen LogP contribution in [-0.2, 0) is 5.41 Å². The molecule has 0 saturated heterocycles. The van der Waals surface area contributed by atoms with Gasteiger partial charge in [-0.15, -0.1) is 0 Å². The Morgan fingerprint density at radius 2 is 0.823 bits per heavy atom. The lowest BCUT2D eigenvalue weighted by Crippen LogP contribution is -2.28. The van der Waals surface area contributed by atoms with Crippen molar-refractivity contribution in [2.45, 2.75) is 5.41 Å². The van der Waals surface area contributed by atoms with Gasteiger partial charge < -0.3 is 4.57 Å². The van der Waals surface area contributed by atoms with E-state index < -0.39 is 5.41 Å². The zero-order chi connectivity index (χ0) is 41.0. The molecule has 0 amide bonds. The maximum Gasteiger partial charge on any atom is 0.164 e. The van der Waals surface area contributed by atoms with E-state index in [0.717, 1.165) is 39.0 Å². The minimum Gasteiger partial charge on any atom is -0.309 e. The first kappa shape index (κ1) is 35.7. The van der Waals surface area contributed by atoms with Crippen LogP contribution in [0.2, 0.25) is 0 Å². The van der Waals surface area contributed by atoms with Crippen LogP contribution in [0.3, 0.4) is 0 Å². The Kier molecular flexibility index (Phi) is 8.36. The molecular formula is C58H38N4. The molecular weight excluding hydrogens is 753 g/mol. The summed E-state index contributed by atoms with van der Waals surface area (Å²) < 4.78 is 2.37. The molecule has 2 heterocycles. The SMILES string of the molecule is c1ccc(-c2nc(-c3ccccc3)nc(-c3cc4c(cc3-c3ccc5c(c3)c3ccccc3n5-c3ccccc3)-c3ccccc3C4(c3ccccc3)c3ccccc3)n2)cc1. The zero-order valence-electron chi connectivity index (χ0n) is 33.7. The van der Waals surface area contributed by atoms with E-state index in [0.29, 0.717) is 17.5 Å². The van der Waals surface area contributed by atoms with E-state index in [2.05, 4.69) is 199 Å². The third-order valence-electron chi connectivity index (χ3n) is 12.5. The molecule has 62 heavy (non-hydrogen) atoms. The second-order valence-corrected chi connectivity index (χ2v) is 15.9. The molecule has 0 fully saturated rings. The Bertz CT molecular complexity index is 3340. The van der Waals surface area contributed by atoms with Gasteiger partial charge in [0.2, 0.25) is 0 Å². The summed E-state index contributed by atoms with van der Waals surface area (Å²) in [5.74, 6) is 1.87. The van der Waals surface area contributed by atoms with Crippen molar-refractivity contribution < 1.29 is 0 Å². The van der Waals surface area contributed by atoms with Crippen LogP contribution in [0.15, 0.2) is 231 Å². The first-order valence-corrected chi connectivity index (χ1v) is 21.1. The summed E-state index contributed by atoms with van der Waals surface area (Å²) in [5, 5.41) is 2.38. The molecule has 4 nitrogen and oxygen atoms in total. The Labute approximate surface area is 360 Å². The lowest BCUT2D eigenvalue weighted by molar-refractivity contribution is 0.768. The van der Waals surface area contributed by atoms with Crippen molar-refractivity contribution in [3.63, 3.8) is 0 Å². The molecule has 0 bridgehead atoms. The van der Waals surface area contributed by atoms with E-state index in [1.807, 2.05) is 36.4 Å². The van der Waals surface area contributed by atoms with Gasteiger partial charge in [-0.3, -0.25) is 0 Å². The van der Waals surface area contributed by atoms with Gasteiger partial charge in [-0.2, -0.15) is 0 Å². The summed E-state index contributed by atoms with van der Waals surface area (Å²) >= 11 is 0. The molecule has 11 aromatic rings. The van der Waals surface area contributed by atoms with E-state index in [9.17, 15) is 0 Å². The second-order valence-electron chi connectivity index (χ2n) is 15.9. The van der Waals surface area contributed by atoms with Crippen molar-refractivity contribution in [1.29, 1.82) is 0 Å². The van der Waals surface area contributed by atoms with Gasteiger partial charge in [-0.1, -0.05) is 188 Å². The molecule has 1 aliphatic carbocycles. The smallest absolute Gasteiger partial charge is 0.164 e. The molecule has 0 saturated carbocycles.